The standard InChI is InChI=1S/C21H25N3O2/c1-3-12-21(2,22)20(26)23-17-9-6-8-16(14-17)19(25)24-13-11-15-7-4-5-10-18(15)24/h4-10,14H,3,11-13,22H2,1-2H3,(H,23,26). The van der Waals surface area contributed by atoms with Gasteiger partial charge in [-0.3, -0.25) is 9.59 Å². The molecule has 0 fully saturated rings. The summed E-state index contributed by atoms with van der Waals surface area (Å²) < 4.78 is 0. The molecule has 136 valence electrons. The maximum absolute atomic E-state index is 12.9. The Morgan fingerprint density at radius 2 is 1.96 bits per heavy atom. The van der Waals surface area contributed by atoms with E-state index in [4.69, 9.17) is 5.73 Å². The Hall–Kier alpha value is -2.66. The third-order valence-electron chi connectivity index (χ3n) is 4.79. The van der Waals surface area contributed by atoms with Crippen molar-refractivity contribution < 1.29 is 9.59 Å². The maximum Gasteiger partial charge on any atom is 0.258 e. The maximum atomic E-state index is 12.9. The van der Waals surface area contributed by atoms with E-state index in [9.17, 15) is 9.59 Å². The van der Waals surface area contributed by atoms with Gasteiger partial charge in [-0.1, -0.05) is 37.6 Å². The fraction of sp³-hybridized carbons (Fsp3) is 0.333. The van der Waals surface area contributed by atoms with Crippen LogP contribution < -0.4 is 16.0 Å². The number of benzene rings is 2. The number of amides is 2. The Morgan fingerprint density at radius 3 is 2.73 bits per heavy atom. The fourth-order valence-corrected chi connectivity index (χ4v) is 3.34. The van der Waals surface area contributed by atoms with E-state index < -0.39 is 5.54 Å². The van der Waals surface area contributed by atoms with Gasteiger partial charge in [0.25, 0.3) is 5.91 Å². The van der Waals surface area contributed by atoms with Crippen molar-refractivity contribution in [2.45, 2.75) is 38.6 Å². The van der Waals surface area contributed by atoms with Crippen LogP contribution in [-0.4, -0.2) is 23.9 Å². The second-order valence-electron chi connectivity index (χ2n) is 7.04. The highest BCUT2D eigenvalue weighted by atomic mass is 16.2. The second kappa shape index (κ2) is 7.30. The van der Waals surface area contributed by atoms with Gasteiger partial charge in [-0.2, -0.15) is 0 Å². The summed E-state index contributed by atoms with van der Waals surface area (Å²) in [6, 6.07) is 15.0. The summed E-state index contributed by atoms with van der Waals surface area (Å²) in [6.07, 6.45) is 2.29. The summed E-state index contributed by atoms with van der Waals surface area (Å²) in [6.45, 7) is 4.39. The molecule has 0 bridgehead atoms. The number of nitrogens with two attached hydrogens (primary N) is 1. The van der Waals surface area contributed by atoms with Crippen LogP contribution in [0.4, 0.5) is 11.4 Å². The van der Waals surface area contributed by atoms with Crippen molar-refractivity contribution in [3.63, 3.8) is 0 Å². The lowest BCUT2D eigenvalue weighted by molar-refractivity contribution is -0.120. The first-order valence-corrected chi connectivity index (χ1v) is 9.02. The number of carbonyl (C=O) groups is 2. The highest BCUT2D eigenvalue weighted by molar-refractivity contribution is 6.08. The smallest absolute Gasteiger partial charge is 0.258 e. The topological polar surface area (TPSA) is 75.4 Å². The highest BCUT2D eigenvalue weighted by Gasteiger charge is 2.28. The van der Waals surface area contributed by atoms with Crippen LogP contribution in [0, 0.1) is 0 Å². The number of fused-ring (bicyclic) bond motifs is 1. The molecule has 0 aromatic heterocycles. The Morgan fingerprint density at radius 1 is 1.19 bits per heavy atom. The average molecular weight is 351 g/mol. The molecule has 2 amide bonds. The van der Waals surface area contributed by atoms with Gasteiger partial charge >= 0.3 is 0 Å². The van der Waals surface area contributed by atoms with Gasteiger partial charge in [0.15, 0.2) is 0 Å². The normalized spacial score (nSPS) is 15.3. The van der Waals surface area contributed by atoms with Crippen molar-refractivity contribution in [3.05, 3.63) is 59.7 Å². The van der Waals surface area contributed by atoms with Gasteiger partial charge < -0.3 is 16.0 Å². The van der Waals surface area contributed by atoms with Crippen LogP contribution in [-0.2, 0) is 11.2 Å². The molecule has 1 aliphatic heterocycles. The fourth-order valence-electron chi connectivity index (χ4n) is 3.34. The lowest BCUT2D eigenvalue weighted by Crippen LogP contribution is -2.48. The molecule has 0 saturated heterocycles. The molecule has 1 heterocycles. The summed E-state index contributed by atoms with van der Waals surface area (Å²) in [5, 5.41) is 2.84. The lowest BCUT2D eigenvalue weighted by Gasteiger charge is -2.23. The van der Waals surface area contributed by atoms with Gasteiger partial charge in [-0.25, -0.2) is 0 Å². The summed E-state index contributed by atoms with van der Waals surface area (Å²) in [4.78, 5) is 27.1. The zero-order chi connectivity index (χ0) is 18.7. The largest absolute Gasteiger partial charge is 0.324 e. The molecule has 5 heteroatoms. The van der Waals surface area contributed by atoms with Crippen molar-refractivity contribution >= 4 is 23.2 Å². The van der Waals surface area contributed by atoms with Crippen molar-refractivity contribution in [2.24, 2.45) is 5.73 Å². The van der Waals surface area contributed by atoms with Crippen LogP contribution in [0.25, 0.3) is 0 Å². The number of hydrogen-bond donors (Lipinski definition) is 2. The Kier molecular flexibility index (Phi) is 5.09. The third-order valence-corrected chi connectivity index (χ3v) is 4.79. The van der Waals surface area contributed by atoms with E-state index >= 15 is 0 Å². The molecule has 5 nitrogen and oxygen atoms in total. The molecule has 0 spiro atoms. The van der Waals surface area contributed by atoms with E-state index in [0.717, 1.165) is 18.5 Å². The zero-order valence-corrected chi connectivity index (χ0v) is 15.3. The molecule has 2 aromatic rings. The molecule has 3 rings (SSSR count). The first-order chi connectivity index (χ1) is 12.4. The van der Waals surface area contributed by atoms with Crippen molar-refractivity contribution in [3.8, 4) is 0 Å². The van der Waals surface area contributed by atoms with E-state index in [1.165, 1.54) is 5.56 Å². The van der Waals surface area contributed by atoms with E-state index in [2.05, 4.69) is 11.4 Å². The number of rotatable bonds is 5. The first kappa shape index (κ1) is 18.1. The van der Waals surface area contributed by atoms with Crippen LogP contribution in [0.5, 0.6) is 0 Å². The molecular weight excluding hydrogens is 326 g/mol. The quantitative estimate of drug-likeness (QED) is 0.867. The number of hydrogen-bond acceptors (Lipinski definition) is 3. The Labute approximate surface area is 154 Å². The molecule has 1 unspecified atom stereocenters. The Bertz CT molecular complexity index is 830. The molecule has 0 saturated carbocycles. The third kappa shape index (κ3) is 3.63. The molecule has 3 N–H and O–H groups in total. The van der Waals surface area contributed by atoms with Gasteiger partial charge in [0, 0.05) is 23.5 Å². The van der Waals surface area contributed by atoms with Gasteiger partial charge in [-0.05, 0) is 49.6 Å². The number of carbonyl (C=O) groups excluding carboxylic acids is 2. The van der Waals surface area contributed by atoms with Crippen LogP contribution in [0.2, 0.25) is 0 Å². The number of nitrogens with one attached hydrogen (secondary N) is 1. The van der Waals surface area contributed by atoms with Crippen molar-refractivity contribution in [1.82, 2.24) is 0 Å². The first-order valence-electron chi connectivity index (χ1n) is 9.02. The molecule has 1 atom stereocenters. The highest BCUT2D eigenvalue weighted by Crippen LogP contribution is 2.29. The van der Waals surface area contributed by atoms with Crippen LogP contribution >= 0.6 is 0 Å². The minimum absolute atomic E-state index is 0.0601. The van der Waals surface area contributed by atoms with Crippen LogP contribution in [0.3, 0.4) is 0 Å². The molecule has 0 radical (unpaired) electrons. The van der Waals surface area contributed by atoms with E-state index in [1.807, 2.05) is 25.1 Å². The van der Waals surface area contributed by atoms with Gasteiger partial charge in [0.05, 0.1) is 5.54 Å². The molecule has 1 aliphatic rings. The summed E-state index contributed by atoms with van der Waals surface area (Å²) in [5.74, 6) is -0.300. The summed E-state index contributed by atoms with van der Waals surface area (Å²) in [5.41, 5.74) is 8.43. The minimum atomic E-state index is -0.928. The number of nitrogens with zero attached hydrogens (tertiary/aromatic N) is 1. The van der Waals surface area contributed by atoms with Crippen LogP contribution in [0.1, 0.15) is 42.6 Å². The average Bonchev–Trinajstić information content (AvgIpc) is 3.05. The Balaban J connectivity index is 1.78. The van der Waals surface area contributed by atoms with Gasteiger partial charge in [0.1, 0.15) is 0 Å². The molecule has 26 heavy (non-hydrogen) atoms. The second-order valence-corrected chi connectivity index (χ2v) is 7.04. The minimum Gasteiger partial charge on any atom is -0.324 e. The van der Waals surface area contributed by atoms with Crippen LogP contribution in [0.15, 0.2) is 48.5 Å². The monoisotopic (exact) mass is 351 g/mol. The number of anilines is 2. The van der Waals surface area contributed by atoms with Gasteiger partial charge in [0.2, 0.25) is 5.91 Å². The van der Waals surface area contributed by atoms with Crippen molar-refractivity contribution in [1.29, 1.82) is 0 Å². The van der Waals surface area contributed by atoms with E-state index in [0.29, 0.717) is 24.2 Å². The summed E-state index contributed by atoms with van der Waals surface area (Å²) >= 11 is 0. The predicted molar refractivity (Wildman–Crippen MR) is 104 cm³/mol. The molecular formula is C21H25N3O2. The van der Waals surface area contributed by atoms with E-state index in [-0.39, 0.29) is 11.8 Å². The molecule has 0 aliphatic carbocycles. The zero-order valence-electron chi connectivity index (χ0n) is 15.3. The summed E-state index contributed by atoms with van der Waals surface area (Å²) in [7, 11) is 0. The predicted octanol–water partition coefficient (Wildman–Crippen LogP) is 3.35. The SMILES string of the molecule is CCCC(C)(N)C(=O)Nc1cccc(C(=O)N2CCc3ccccc32)c1. The lowest BCUT2D eigenvalue weighted by atomic mass is 9.96. The number of para-hydroxylation sites is 1. The van der Waals surface area contributed by atoms with E-state index in [1.54, 1.807) is 36.1 Å². The molecule has 2 aromatic carbocycles. The van der Waals surface area contributed by atoms with Crippen molar-refractivity contribution in [2.75, 3.05) is 16.8 Å². The van der Waals surface area contributed by atoms with Gasteiger partial charge in [-0.15, -0.1) is 0 Å².